The highest BCUT2D eigenvalue weighted by Crippen LogP contribution is 2.14. The molecule has 16 heavy (non-hydrogen) atoms. The van der Waals surface area contributed by atoms with Crippen LogP contribution in [0.25, 0.3) is 11.4 Å². The van der Waals surface area contributed by atoms with Gasteiger partial charge in [-0.3, -0.25) is 0 Å². The Bertz CT molecular complexity index is 445. The number of benzene rings is 1. The lowest BCUT2D eigenvalue weighted by molar-refractivity contribution is 0.291. The van der Waals surface area contributed by atoms with Gasteiger partial charge in [0.15, 0.2) is 5.82 Å². The summed E-state index contributed by atoms with van der Waals surface area (Å²) in [6, 6.07) is 10.0. The van der Waals surface area contributed by atoms with Crippen LogP contribution in [0.4, 0.5) is 0 Å². The number of nitrogens with zero attached hydrogens (tertiary/aromatic N) is 3. The van der Waals surface area contributed by atoms with Gasteiger partial charge >= 0.3 is 6.01 Å². The third kappa shape index (κ3) is 2.53. The minimum absolute atomic E-state index is 0.329. The average molecular weight is 214 g/mol. The quantitative estimate of drug-likeness (QED) is 0.782. The van der Waals surface area contributed by atoms with E-state index in [1.165, 1.54) is 0 Å². The van der Waals surface area contributed by atoms with Gasteiger partial charge in [-0.05, 0) is 6.42 Å². The van der Waals surface area contributed by atoms with Crippen molar-refractivity contribution in [2.45, 2.75) is 13.3 Å². The van der Waals surface area contributed by atoms with E-state index in [-0.39, 0.29) is 0 Å². The summed E-state index contributed by atoms with van der Waals surface area (Å²) in [5.41, 5.74) is 0.933. The summed E-state index contributed by atoms with van der Waals surface area (Å²) < 4.78 is 5.32. The van der Waals surface area contributed by atoms with Crippen molar-refractivity contribution in [3.63, 3.8) is 0 Å². The van der Waals surface area contributed by atoms with Crippen molar-refractivity contribution in [2.24, 2.45) is 0 Å². The zero-order valence-electron chi connectivity index (χ0n) is 9.05. The molecule has 0 unspecified atom stereocenters. The van der Waals surface area contributed by atoms with Crippen LogP contribution in [-0.4, -0.2) is 21.6 Å². The van der Waals surface area contributed by atoms with Crippen LogP contribution in [0.2, 0.25) is 0 Å². The van der Waals surface area contributed by atoms with Crippen LogP contribution >= 0.6 is 0 Å². The lowest BCUT2D eigenvalue weighted by Crippen LogP contribution is -2.01. The van der Waals surface area contributed by atoms with Crippen molar-refractivity contribution in [1.82, 2.24) is 15.0 Å². The third-order valence-corrected chi connectivity index (χ3v) is 1.97. The van der Waals surface area contributed by atoms with Crippen molar-refractivity contribution < 1.29 is 4.74 Å². The maximum absolute atomic E-state index is 5.32. The Kier molecular flexibility index (Phi) is 3.43. The van der Waals surface area contributed by atoms with E-state index in [1.54, 1.807) is 0 Å². The molecule has 1 heterocycles. The summed E-state index contributed by atoms with van der Waals surface area (Å²) in [6.45, 7) is 2.63. The molecule has 1 aromatic heterocycles. The van der Waals surface area contributed by atoms with Crippen LogP contribution < -0.4 is 4.74 Å². The topological polar surface area (TPSA) is 47.9 Å². The summed E-state index contributed by atoms with van der Waals surface area (Å²) in [7, 11) is 0. The number of aromatic nitrogens is 3. The highest BCUT2D eigenvalue weighted by molar-refractivity contribution is 5.53. The van der Waals surface area contributed by atoms with Crippen LogP contribution in [0, 0.1) is 6.33 Å². The molecular weight excluding hydrogens is 202 g/mol. The second-order valence-corrected chi connectivity index (χ2v) is 3.26. The van der Waals surface area contributed by atoms with Crippen molar-refractivity contribution in [3.05, 3.63) is 36.7 Å². The minimum Gasteiger partial charge on any atom is -0.463 e. The van der Waals surface area contributed by atoms with E-state index in [1.807, 2.05) is 37.3 Å². The Labute approximate surface area is 94.4 Å². The summed E-state index contributed by atoms with van der Waals surface area (Å²) in [5.74, 6) is 0.585. The van der Waals surface area contributed by atoms with Crippen LogP contribution in [-0.2, 0) is 0 Å². The van der Waals surface area contributed by atoms with E-state index in [2.05, 4.69) is 21.3 Å². The van der Waals surface area contributed by atoms with Crippen LogP contribution in [0.15, 0.2) is 30.3 Å². The highest BCUT2D eigenvalue weighted by Gasteiger charge is 2.03. The van der Waals surface area contributed by atoms with Gasteiger partial charge in [-0.1, -0.05) is 37.3 Å². The number of hydrogen-bond donors (Lipinski definition) is 0. The highest BCUT2D eigenvalue weighted by atomic mass is 16.5. The Balaban J connectivity index is 2.22. The molecule has 0 bridgehead atoms. The van der Waals surface area contributed by atoms with Gasteiger partial charge in [0.25, 0.3) is 0 Å². The van der Waals surface area contributed by atoms with Crippen molar-refractivity contribution in [1.29, 1.82) is 0 Å². The number of rotatable bonds is 4. The molecule has 0 aliphatic rings. The molecule has 0 aliphatic heterocycles. The molecule has 1 radical (unpaired) electrons. The lowest BCUT2D eigenvalue weighted by atomic mass is 10.2. The van der Waals surface area contributed by atoms with E-state index in [0.717, 1.165) is 12.0 Å². The fraction of sp³-hybridized carbons (Fsp3) is 0.250. The fourth-order valence-corrected chi connectivity index (χ4v) is 1.23. The SMILES string of the molecule is CCCOc1n[c]nc(-c2ccccc2)n1. The molecule has 0 amide bonds. The van der Waals surface area contributed by atoms with E-state index in [9.17, 15) is 0 Å². The van der Waals surface area contributed by atoms with Gasteiger partial charge in [-0.25, -0.2) is 4.98 Å². The van der Waals surface area contributed by atoms with Crippen LogP contribution in [0.3, 0.4) is 0 Å². The first-order valence-electron chi connectivity index (χ1n) is 5.20. The van der Waals surface area contributed by atoms with E-state index in [0.29, 0.717) is 18.4 Å². The fourth-order valence-electron chi connectivity index (χ4n) is 1.23. The van der Waals surface area contributed by atoms with E-state index >= 15 is 0 Å². The first-order valence-corrected chi connectivity index (χ1v) is 5.20. The Hall–Kier alpha value is -1.97. The Morgan fingerprint density at radius 3 is 2.75 bits per heavy atom. The van der Waals surface area contributed by atoms with Crippen LogP contribution in [0.1, 0.15) is 13.3 Å². The molecule has 4 heteroatoms. The minimum atomic E-state index is 0.329. The second-order valence-electron chi connectivity index (χ2n) is 3.26. The van der Waals surface area contributed by atoms with Crippen molar-refractivity contribution >= 4 is 0 Å². The average Bonchev–Trinajstić information content (AvgIpc) is 2.38. The normalized spacial score (nSPS) is 10.1. The molecule has 81 valence electrons. The van der Waals surface area contributed by atoms with Gasteiger partial charge in [-0.15, -0.1) is 0 Å². The zero-order chi connectivity index (χ0) is 11.2. The lowest BCUT2D eigenvalue weighted by Gasteiger charge is -2.03. The molecule has 0 spiro atoms. The molecule has 0 atom stereocenters. The second kappa shape index (κ2) is 5.21. The standard InChI is InChI=1S/C12H12N3O/c1-2-8-16-12-14-9-13-11(15-12)10-6-4-3-5-7-10/h3-7H,2,8H2,1H3. The molecule has 0 fully saturated rings. The van der Waals surface area contributed by atoms with E-state index in [4.69, 9.17) is 4.74 Å². The summed E-state index contributed by atoms with van der Waals surface area (Å²) in [5, 5.41) is 0. The monoisotopic (exact) mass is 214 g/mol. The molecule has 2 rings (SSSR count). The third-order valence-electron chi connectivity index (χ3n) is 1.97. The number of ether oxygens (including phenoxy) is 1. The molecule has 0 saturated carbocycles. The largest absolute Gasteiger partial charge is 0.463 e. The van der Waals surface area contributed by atoms with E-state index < -0.39 is 0 Å². The smallest absolute Gasteiger partial charge is 0.320 e. The van der Waals surface area contributed by atoms with Gasteiger partial charge in [0.2, 0.25) is 6.33 Å². The van der Waals surface area contributed by atoms with Crippen molar-refractivity contribution in [3.8, 4) is 17.4 Å². The summed E-state index contributed by atoms with van der Waals surface area (Å²) in [4.78, 5) is 12.0. The molecule has 0 saturated heterocycles. The first kappa shape index (κ1) is 10.5. The molecule has 0 N–H and O–H groups in total. The van der Waals surface area contributed by atoms with Gasteiger partial charge in [0, 0.05) is 5.56 Å². The predicted octanol–water partition coefficient (Wildman–Crippen LogP) is 2.13. The predicted molar refractivity (Wildman–Crippen MR) is 59.9 cm³/mol. The molecule has 1 aromatic carbocycles. The molecule has 0 aliphatic carbocycles. The summed E-state index contributed by atoms with van der Waals surface area (Å²) in [6.07, 6.45) is 3.47. The van der Waals surface area contributed by atoms with Gasteiger partial charge < -0.3 is 4.74 Å². The molecular formula is C12H12N3O. The maximum atomic E-state index is 5.32. The summed E-state index contributed by atoms with van der Waals surface area (Å²) >= 11 is 0. The Morgan fingerprint density at radius 2 is 2.00 bits per heavy atom. The number of hydrogen-bond acceptors (Lipinski definition) is 4. The van der Waals surface area contributed by atoms with Gasteiger partial charge in [0.05, 0.1) is 6.61 Å². The van der Waals surface area contributed by atoms with Crippen molar-refractivity contribution in [2.75, 3.05) is 6.61 Å². The Morgan fingerprint density at radius 1 is 1.19 bits per heavy atom. The first-order chi connectivity index (χ1) is 7.90. The maximum Gasteiger partial charge on any atom is 0.320 e. The zero-order valence-corrected chi connectivity index (χ0v) is 9.05. The van der Waals surface area contributed by atoms with Crippen LogP contribution in [0.5, 0.6) is 6.01 Å². The molecule has 2 aromatic rings. The van der Waals surface area contributed by atoms with Gasteiger partial charge in [-0.2, -0.15) is 9.97 Å². The molecule has 4 nitrogen and oxygen atoms in total. The van der Waals surface area contributed by atoms with Gasteiger partial charge in [0.1, 0.15) is 0 Å².